The van der Waals surface area contributed by atoms with E-state index in [-0.39, 0.29) is 0 Å². The first kappa shape index (κ1) is 10.4. The summed E-state index contributed by atoms with van der Waals surface area (Å²) in [5.41, 5.74) is 1.81. The Balaban J connectivity index is 2.31. The van der Waals surface area contributed by atoms with E-state index in [0.717, 1.165) is 17.8 Å². The van der Waals surface area contributed by atoms with Crippen LogP contribution in [-0.4, -0.2) is 14.9 Å². The lowest BCUT2D eigenvalue weighted by Crippen LogP contribution is -2.08. The molecule has 0 amide bonds. The smallest absolute Gasteiger partial charge is 0.121 e. The maximum absolute atomic E-state index is 10.2. The van der Waals surface area contributed by atoms with Gasteiger partial charge in [-0.2, -0.15) is 5.10 Å². The minimum Gasteiger partial charge on any atom is -0.382 e. The first-order valence-electron chi connectivity index (χ1n) is 4.97. The largest absolute Gasteiger partial charge is 0.382 e. The highest BCUT2D eigenvalue weighted by molar-refractivity contribution is 7.10. The molecule has 1 unspecified atom stereocenters. The van der Waals surface area contributed by atoms with Crippen LogP contribution in [0.5, 0.6) is 0 Å². The number of rotatable bonds is 3. The van der Waals surface area contributed by atoms with Crippen molar-refractivity contribution in [2.24, 2.45) is 0 Å². The number of hydrogen-bond donors (Lipinski definition) is 1. The zero-order valence-corrected chi connectivity index (χ0v) is 9.66. The molecule has 0 aliphatic heterocycles. The zero-order valence-electron chi connectivity index (χ0n) is 8.84. The second-order valence-corrected chi connectivity index (χ2v) is 4.58. The summed E-state index contributed by atoms with van der Waals surface area (Å²) in [6, 6.07) is 3.88. The normalized spacial score (nSPS) is 13.0. The monoisotopic (exact) mass is 222 g/mol. The van der Waals surface area contributed by atoms with Crippen molar-refractivity contribution in [3.63, 3.8) is 0 Å². The molecule has 0 radical (unpaired) electrons. The molecule has 0 aliphatic rings. The van der Waals surface area contributed by atoms with Crippen LogP contribution >= 0.6 is 11.3 Å². The number of nitrogens with zero attached hydrogens (tertiary/aromatic N) is 2. The number of aliphatic hydroxyl groups is 1. The van der Waals surface area contributed by atoms with Gasteiger partial charge in [-0.25, -0.2) is 0 Å². The predicted octanol–water partition coefficient (Wildman–Crippen LogP) is 2.35. The molecule has 2 rings (SSSR count). The van der Waals surface area contributed by atoms with E-state index in [2.05, 4.69) is 5.10 Å². The Labute approximate surface area is 93.0 Å². The summed E-state index contributed by atoms with van der Waals surface area (Å²) < 4.78 is 1.82. The summed E-state index contributed by atoms with van der Waals surface area (Å²) in [4.78, 5) is 1.21. The van der Waals surface area contributed by atoms with E-state index in [1.807, 2.05) is 36.0 Å². The lowest BCUT2D eigenvalue weighted by atomic mass is 10.1. The van der Waals surface area contributed by atoms with Gasteiger partial charge in [-0.3, -0.25) is 4.68 Å². The average molecular weight is 222 g/mol. The van der Waals surface area contributed by atoms with Gasteiger partial charge in [-0.1, -0.05) is 0 Å². The van der Waals surface area contributed by atoms with Gasteiger partial charge in [0.2, 0.25) is 0 Å². The van der Waals surface area contributed by atoms with Crippen molar-refractivity contribution in [2.75, 3.05) is 0 Å². The fourth-order valence-electron chi connectivity index (χ4n) is 1.62. The number of aryl methyl sites for hydroxylation is 2. The first-order valence-corrected chi connectivity index (χ1v) is 5.85. The third-order valence-electron chi connectivity index (χ3n) is 2.40. The number of hydrogen-bond acceptors (Lipinski definition) is 3. The molecule has 0 saturated carbocycles. The van der Waals surface area contributed by atoms with Gasteiger partial charge in [0.05, 0.1) is 5.69 Å². The molecule has 3 nitrogen and oxygen atoms in total. The highest BCUT2D eigenvalue weighted by Gasteiger charge is 2.15. The van der Waals surface area contributed by atoms with Crippen LogP contribution in [0.3, 0.4) is 0 Å². The van der Waals surface area contributed by atoms with Gasteiger partial charge in [0, 0.05) is 17.6 Å². The summed E-state index contributed by atoms with van der Waals surface area (Å²) >= 11 is 1.65. The van der Waals surface area contributed by atoms with E-state index in [1.54, 1.807) is 17.5 Å². The van der Waals surface area contributed by atoms with Crippen molar-refractivity contribution in [1.29, 1.82) is 0 Å². The second-order valence-electron chi connectivity index (χ2n) is 3.47. The topological polar surface area (TPSA) is 38.0 Å². The van der Waals surface area contributed by atoms with Crippen LogP contribution < -0.4 is 0 Å². The average Bonchev–Trinajstić information content (AvgIpc) is 2.84. The summed E-state index contributed by atoms with van der Waals surface area (Å²) in [7, 11) is 0. The lowest BCUT2D eigenvalue weighted by molar-refractivity contribution is 0.208. The van der Waals surface area contributed by atoms with Gasteiger partial charge >= 0.3 is 0 Å². The standard InChI is InChI=1S/C11H14N2OS/c1-3-13-10(4-5-12-13)11(14)9-6-8(2)15-7-9/h4-7,11,14H,3H2,1-2H3. The quantitative estimate of drug-likeness (QED) is 0.865. The van der Waals surface area contributed by atoms with Crippen LogP contribution in [0.1, 0.15) is 29.2 Å². The fourth-order valence-corrected chi connectivity index (χ4v) is 2.34. The Bertz CT molecular complexity index is 447. The van der Waals surface area contributed by atoms with E-state index < -0.39 is 6.10 Å². The Morgan fingerprint density at radius 1 is 1.60 bits per heavy atom. The molecule has 1 atom stereocenters. The van der Waals surface area contributed by atoms with Crippen molar-refractivity contribution in [3.8, 4) is 0 Å². The Hall–Kier alpha value is -1.13. The molecular formula is C11H14N2OS. The highest BCUT2D eigenvalue weighted by atomic mass is 32.1. The van der Waals surface area contributed by atoms with Gasteiger partial charge < -0.3 is 5.11 Å². The Morgan fingerprint density at radius 3 is 3.00 bits per heavy atom. The Kier molecular flexibility index (Phi) is 2.88. The third kappa shape index (κ3) is 1.96. The molecule has 0 aliphatic carbocycles. The number of aliphatic hydroxyl groups excluding tert-OH is 1. The van der Waals surface area contributed by atoms with E-state index in [0.29, 0.717) is 0 Å². The van der Waals surface area contributed by atoms with Crippen LogP contribution in [-0.2, 0) is 6.54 Å². The molecule has 15 heavy (non-hydrogen) atoms. The summed E-state index contributed by atoms with van der Waals surface area (Å²) in [6.45, 7) is 4.84. The van der Waals surface area contributed by atoms with Gasteiger partial charge in [-0.05, 0) is 36.9 Å². The molecule has 0 aromatic carbocycles. The number of thiophene rings is 1. The van der Waals surface area contributed by atoms with E-state index in [9.17, 15) is 5.11 Å². The number of aromatic nitrogens is 2. The highest BCUT2D eigenvalue weighted by Crippen LogP contribution is 2.25. The molecule has 0 spiro atoms. The molecule has 2 heterocycles. The lowest BCUT2D eigenvalue weighted by Gasteiger charge is -2.10. The van der Waals surface area contributed by atoms with Crippen LogP contribution in [0, 0.1) is 6.92 Å². The predicted molar refractivity (Wildman–Crippen MR) is 61.0 cm³/mol. The molecule has 1 N–H and O–H groups in total. The van der Waals surface area contributed by atoms with Gasteiger partial charge in [0.1, 0.15) is 6.10 Å². The summed E-state index contributed by atoms with van der Waals surface area (Å²) in [5.74, 6) is 0. The van der Waals surface area contributed by atoms with E-state index >= 15 is 0 Å². The van der Waals surface area contributed by atoms with Crippen LogP contribution in [0.2, 0.25) is 0 Å². The molecule has 4 heteroatoms. The van der Waals surface area contributed by atoms with Crippen molar-refractivity contribution >= 4 is 11.3 Å². The summed E-state index contributed by atoms with van der Waals surface area (Å²) in [6.07, 6.45) is 1.17. The van der Waals surface area contributed by atoms with Gasteiger partial charge in [0.25, 0.3) is 0 Å². The van der Waals surface area contributed by atoms with E-state index in [4.69, 9.17) is 0 Å². The minimum absolute atomic E-state index is 0.558. The molecule has 0 fully saturated rings. The van der Waals surface area contributed by atoms with Gasteiger partial charge in [-0.15, -0.1) is 11.3 Å². The molecule has 2 aromatic heterocycles. The Morgan fingerprint density at radius 2 is 2.40 bits per heavy atom. The van der Waals surface area contributed by atoms with Crippen LogP contribution in [0.4, 0.5) is 0 Å². The SMILES string of the molecule is CCn1nccc1C(O)c1csc(C)c1. The zero-order chi connectivity index (χ0) is 10.8. The van der Waals surface area contributed by atoms with Crippen molar-refractivity contribution in [3.05, 3.63) is 39.8 Å². The second kappa shape index (κ2) is 4.16. The van der Waals surface area contributed by atoms with Crippen molar-refractivity contribution < 1.29 is 5.11 Å². The maximum atomic E-state index is 10.2. The fraction of sp³-hybridized carbons (Fsp3) is 0.364. The molecule has 0 saturated heterocycles. The molecule has 2 aromatic rings. The van der Waals surface area contributed by atoms with Crippen molar-refractivity contribution in [2.45, 2.75) is 26.5 Å². The van der Waals surface area contributed by atoms with Crippen molar-refractivity contribution in [1.82, 2.24) is 9.78 Å². The third-order valence-corrected chi connectivity index (χ3v) is 3.28. The summed E-state index contributed by atoms with van der Waals surface area (Å²) in [5, 5.41) is 16.3. The minimum atomic E-state index is -0.558. The van der Waals surface area contributed by atoms with Gasteiger partial charge in [0.15, 0.2) is 0 Å². The molecule has 0 bridgehead atoms. The molecule has 80 valence electrons. The van der Waals surface area contributed by atoms with Crippen LogP contribution in [0.25, 0.3) is 0 Å². The maximum Gasteiger partial charge on any atom is 0.121 e. The van der Waals surface area contributed by atoms with Crippen LogP contribution in [0.15, 0.2) is 23.7 Å². The molecular weight excluding hydrogens is 208 g/mol. The van der Waals surface area contributed by atoms with E-state index in [1.165, 1.54) is 4.88 Å². The first-order chi connectivity index (χ1) is 7.22.